The molecule has 148 valence electrons. The molecule has 1 N–H and O–H groups in total. The summed E-state index contributed by atoms with van der Waals surface area (Å²) in [6, 6.07) is 11.1. The summed E-state index contributed by atoms with van der Waals surface area (Å²) in [5.74, 6) is 0.621. The van der Waals surface area contributed by atoms with Crippen molar-refractivity contribution in [3.63, 3.8) is 0 Å². The quantitative estimate of drug-likeness (QED) is 0.569. The van der Waals surface area contributed by atoms with Gasteiger partial charge in [-0.1, -0.05) is 63.9 Å². The Bertz CT molecular complexity index is 730. The van der Waals surface area contributed by atoms with Gasteiger partial charge in [0.25, 0.3) is 0 Å². The van der Waals surface area contributed by atoms with E-state index in [2.05, 4.69) is 56.0 Å². The standard InChI is InChI=1S/C25H37NO/c1-4-6-15-26(16-7-5-2)18-24(27)23-17-20-12-10-11-19(3)25(20)22-14-9-8-13-21(22)23/h8-9,13-14,17,19,24,27H,4-7,10-12,15-16,18H2,1-3H3. The number of aliphatic hydroxyl groups is 1. The van der Waals surface area contributed by atoms with Gasteiger partial charge in [0.2, 0.25) is 0 Å². The summed E-state index contributed by atoms with van der Waals surface area (Å²) in [7, 11) is 0. The van der Waals surface area contributed by atoms with Gasteiger partial charge >= 0.3 is 0 Å². The monoisotopic (exact) mass is 367 g/mol. The molecule has 2 atom stereocenters. The summed E-state index contributed by atoms with van der Waals surface area (Å²) in [6.45, 7) is 9.77. The molecule has 27 heavy (non-hydrogen) atoms. The molecule has 2 unspecified atom stereocenters. The lowest BCUT2D eigenvalue weighted by molar-refractivity contribution is 0.112. The lowest BCUT2D eigenvalue weighted by atomic mass is 9.79. The van der Waals surface area contributed by atoms with Crippen molar-refractivity contribution >= 4 is 10.8 Å². The number of nitrogens with zero attached hydrogens (tertiary/aromatic N) is 1. The Hall–Kier alpha value is -1.38. The molecule has 3 rings (SSSR count). The third-order valence-corrected chi connectivity index (χ3v) is 6.23. The van der Waals surface area contributed by atoms with Crippen molar-refractivity contribution in [2.75, 3.05) is 19.6 Å². The van der Waals surface area contributed by atoms with Gasteiger partial charge in [-0.2, -0.15) is 0 Å². The molecule has 0 aromatic heterocycles. The molecule has 0 bridgehead atoms. The van der Waals surface area contributed by atoms with E-state index in [9.17, 15) is 5.11 Å². The third-order valence-electron chi connectivity index (χ3n) is 6.23. The summed E-state index contributed by atoms with van der Waals surface area (Å²) in [6.07, 6.45) is 8.11. The van der Waals surface area contributed by atoms with E-state index in [0.29, 0.717) is 5.92 Å². The van der Waals surface area contributed by atoms with Crippen LogP contribution in [0.5, 0.6) is 0 Å². The first-order valence-corrected chi connectivity index (χ1v) is 11.1. The van der Waals surface area contributed by atoms with Gasteiger partial charge in [-0.25, -0.2) is 0 Å². The van der Waals surface area contributed by atoms with E-state index < -0.39 is 6.10 Å². The highest BCUT2D eigenvalue weighted by Crippen LogP contribution is 2.39. The van der Waals surface area contributed by atoms with Crippen LogP contribution in [0.3, 0.4) is 0 Å². The lowest BCUT2D eigenvalue weighted by Gasteiger charge is -2.29. The third kappa shape index (κ3) is 4.73. The number of hydrogen-bond donors (Lipinski definition) is 1. The molecule has 0 heterocycles. The van der Waals surface area contributed by atoms with Crippen molar-refractivity contribution in [2.45, 2.75) is 77.7 Å². The molecule has 0 saturated heterocycles. The van der Waals surface area contributed by atoms with E-state index >= 15 is 0 Å². The van der Waals surface area contributed by atoms with E-state index in [4.69, 9.17) is 0 Å². The molecule has 0 fully saturated rings. The fourth-order valence-corrected chi connectivity index (χ4v) is 4.69. The van der Waals surface area contributed by atoms with E-state index in [0.717, 1.165) is 31.6 Å². The molecule has 2 aromatic carbocycles. The van der Waals surface area contributed by atoms with E-state index in [1.165, 1.54) is 60.4 Å². The Morgan fingerprint density at radius 1 is 1.07 bits per heavy atom. The number of fused-ring (bicyclic) bond motifs is 3. The zero-order valence-corrected chi connectivity index (χ0v) is 17.5. The first-order valence-electron chi connectivity index (χ1n) is 11.1. The molecule has 1 aliphatic rings. The Balaban J connectivity index is 1.92. The summed E-state index contributed by atoms with van der Waals surface area (Å²) in [5.41, 5.74) is 4.13. The van der Waals surface area contributed by atoms with Crippen molar-refractivity contribution in [3.05, 3.63) is 47.0 Å². The smallest absolute Gasteiger partial charge is 0.0923 e. The Labute approximate surface area is 165 Å². The maximum atomic E-state index is 11.2. The normalized spacial score (nSPS) is 18.0. The van der Waals surface area contributed by atoms with Crippen LogP contribution in [0.25, 0.3) is 10.8 Å². The second kappa shape index (κ2) is 9.71. The van der Waals surface area contributed by atoms with Crippen molar-refractivity contribution in [1.82, 2.24) is 4.90 Å². The summed E-state index contributed by atoms with van der Waals surface area (Å²) in [5, 5.41) is 13.8. The highest BCUT2D eigenvalue weighted by molar-refractivity contribution is 5.90. The fourth-order valence-electron chi connectivity index (χ4n) is 4.69. The number of hydrogen-bond acceptors (Lipinski definition) is 2. The predicted molar refractivity (Wildman–Crippen MR) is 117 cm³/mol. The van der Waals surface area contributed by atoms with Crippen LogP contribution in [0.2, 0.25) is 0 Å². The number of aryl methyl sites for hydroxylation is 1. The highest BCUT2D eigenvalue weighted by atomic mass is 16.3. The number of aliphatic hydroxyl groups excluding tert-OH is 1. The maximum absolute atomic E-state index is 11.2. The van der Waals surface area contributed by atoms with Gasteiger partial charge in [-0.3, -0.25) is 0 Å². The van der Waals surface area contributed by atoms with Crippen molar-refractivity contribution in [3.8, 4) is 0 Å². The minimum Gasteiger partial charge on any atom is -0.387 e. The van der Waals surface area contributed by atoms with Crippen LogP contribution in [0.1, 0.15) is 88.0 Å². The van der Waals surface area contributed by atoms with Crippen molar-refractivity contribution in [2.24, 2.45) is 0 Å². The average Bonchev–Trinajstić information content (AvgIpc) is 2.69. The molecule has 2 heteroatoms. The molecule has 0 amide bonds. The number of benzene rings is 2. The van der Waals surface area contributed by atoms with Gasteiger partial charge in [-0.15, -0.1) is 0 Å². The van der Waals surface area contributed by atoms with Crippen LogP contribution in [0, 0.1) is 0 Å². The van der Waals surface area contributed by atoms with E-state index in [1.54, 1.807) is 0 Å². The van der Waals surface area contributed by atoms with Gasteiger partial charge in [0, 0.05) is 6.54 Å². The average molecular weight is 368 g/mol. The zero-order chi connectivity index (χ0) is 19.2. The molecule has 2 nitrogen and oxygen atoms in total. The van der Waals surface area contributed by atoms with Crippen LogP contribution in [-0.4, -0.2) is 29.6 Å². The number of unbranched alkanes of at least 4 members (excludes halogenated alkanes) is 2. The SMILES string of the molecule is CCCCN(CCCC)CC(O)c1cc2c(c3ccccc13)C(C)CCC2. The van der Waals surface area contributed by atoms with Crippen molar-refractivity contribution in [1.29, 1.82) is 0 Å². The van der Waals surface area contributed by atoms with Crippen LogP contribution in [-0.2, 0) is 6.42 Å². The molecule has 0 aliphatic heterocycles. The van der Waals surface area contributed by atoms with Gasteiger partial charge in [0.05, 0.1) is 6.10 Å². The topological polar surface area (TPSA) is 23.5 Å². The first-order chi connectivity index (χ1) is 13.2. The molecule has 0 spiro atoms. The Kier molecular flexibility index (Phi) is 7.32. The van der Waals surface area contributed by atoms with Gasteiger partial charge < -0.3 is 10.0 Å². The van der Waals surface area contributed by atoms with Gasteiger partial charge in [0.1, 0.15) is 0 Å². The zero-order valence-electron chi connectivity index (χ0n) is 17.5. The Morgan fingerprint density at radius 3 is 2.41 bits per heavy atom. The van der Waals surface area contributed by atoms with Gasteiger partial charge in [0.15, 0.2) is 0 Å². The number of rotatable bonds is 9. The Morgan fingerprint density at radius 2 is 1.74 bits per heavy atom. The minimum atomic E-state index is -0.411. The fraction of sp³-hybridized carbons (Fsp3) is 0.600. The second-order valence-corrected chi connectivity index (χ2v) is 8.40. The second-order valence-electron chi connectivity index (χ2n) is 8.40. The van der Waals surface area contributed by atoms with Crippen LogP contribution >= 0.6 is 0 Å². The van der Waals surface area contributed by atoms with E-state index in [1.807, 2.05) is 0 Å². The summed E-state index contributed by atoms with van der Waals surface area (Å²) < 4.78 is 0. The first kappa shape index (κ1) is 20.4. The molecule has 2 aromatic rings. The van der Waals surface area contributed by atoms with Crippen LogP contribution in [0.15, 0.2) is 30.3 Å². The van der Waals surface area contributed by atoms with E-state index in [-0.39, 0.29) is 0 Å². The largest absolute Gasteiger partial charge is 0.387 e. The summed E-state index contributed by atoms with van der Waals surface area (Å²) in [4.78, 5) is 2.47. The summed E-state index contributed by atoms with van der Waals surface area (Å²) >= 11 is 0. The maximum Gasteiger partial charge on any atom is 0.0923 e. The molecule has 0 saturated carbocycles. The van der Waals surface area contributed by atoms with Crippen LogP contribution < -0.4 is 0 Å². The molecular weight excluding hydrogens is 330 g/mol. The molecular formula is C25H37NO. The van der Waals surface area contributed by atoms with Crippen molar-refractivity contribution < 1.29 is 5.11 Å². The highest BCUT2D eigenvalue weighted by Gasteiger charge is 2.23. The molecule has 1 aliphatic carbocycles. The predicted octanol–water partition coefficient (Wildman–Crippen LogP) is 6.22. The van der Waals surface area contributed by atoms with Gasteiger partial charge in [-0.05, 0) is 78.6 Å². The lowest BCUT2D eigenvalue weighted by Crippen LogP contribution is -2.31. The molecule has 0 radical (unpaired) electrons. The minimum absolute atomic E-state index is 0.411. The van der Waals surface area contributed by atoms with Crippen LogP contribution in [0.4, 0.5) is 0 Å².